The van der Waals surface area contributed by atoms with Crippen molar-refractivity contribution in [1.29, 1.82) is 0 Å². The molecule has 1 aliphatic heterocycles. The Morgan fingerprint density at radius 3 is 2.54 bits per heavy atom. The average Bonchev–Trinajstić information content (AvgIpc) is 2.82. The molecule has 0 spiro atoms. The molecule has 2 amide bonds. The molecule has 1 unspecified atom stereocenters. The predicted molar refractivity (Wildman–Crippen MR) is 137 cm³/mol. The van der Waals surface area contributed by atoms with E-state index in [-0.39, 0.29) is 31.4 Å². The van der Waals surface area contributed by atoms with Gasteiger partial charge in [0.05, 0.1) is 18.7 Å². The Labute approximate surface area is 212 Å². The number of amides is 2. The first-order valence-electron chi connectivity index (χ1n) is 12.0. The number of rotatable bonds is 9. The third-order valence-corrected chi connectivity index (χ3v) is 6.38. The van der Waals surface area contributed by atoms with Crippen molar-refractivity contribution in [2.24, 2.45) is 5.92 Å². The predicted octanol–water partition coefficient (Wildman–Crippen LogP) is 5.47. The lowest BCUT2D eigenvalue weighted by atomic mass is 9.83. The van der Waals surface area contributed by atoms with Gasteiger partial charge in [-0.05, 0) is 61.6 Å². The highest BCUT2D eigenvalue weighted by molar-refractivity contribution is 6.30. The van der Waals surface area contributed by atoms with Gasteiger partial charge in [-0.25, -0.2) is 4.79 Å². The number of allylic oxidation sites excluding steroid dienone is 1. The fourth-order valence-electron chi connectivity index (χ4n) is 4.23. The van der Waals surface area contributed by atoms with Gasteiger partial charge < -0.3 is 15.0 Å². The molecule has 35 heavy (non-hydrogen) atoms. The van der Waals surface area contributed by atoms with Crippen molar-refractivity contribution in [1.82, 2.24) is 10.2 Å². The van der Waals surface area contributed by atoms with Crippen LogP contribution >= 0.6 is 11.6 Å². The van der Waals surface area contributed by atoms with Crippen LogP contribution in [0.5, 0.6) is 0 Å². The van der Waals surface area contributed by atoms with Gasteiger partial charge in [0.2, 0.25) is 5.91 Å². The molecular formula is C28H33ClN2O4. The summed E-state index contributed by atoms with van der Waals surface area (Å²) < 4.78 is 5.35. The van der Waals surface area contributed by atoms with Crippen molar-refractivity contribution in [3.05, 3.63) is 81.5 Å². The molecule has 2 aromatic rings. The molecule has 2 aromatic carbocycles. The molecule has 6 nitrogen and oxygen atoms in total. The number of nitrogens with one attached hydrogen (secondary N) is 1. The van der Waals surface area contributed by atoms with E-state index in [1.54, 1.807) is 43.0 Å². The number of hydrogen-bond donors (Lipinski definition) is 1. The summed E-state index contributed by atoms with van der Waals surface area (Å²) in [5, 5.41) is 3.53. The van der Waals surface area contributed by atoms with Crippen molar-refractivity contribution in [3.8, 4) is 0 Å². The third kappa shape index (κ3) is 6.73. The first-order chi connectivity index (χ1) is 16.7. The lowest BCUT2D eigenvalue weighted by Crippen LogP contribution is -2.38. The van der Waals surface area contributed by atoms with E-state index in [1.165, 1.54) is 0 Å². The minimum absolute atomic E-state index is 0.0951. The molecule has 186 valence electrons. The smallest absolute Gasteiger partial charge is 0.336 e. The highest BCUT2D eigenvalue weighted by atomic mass is 35.5. The molecule has 3 rings (SSSR count). The number of benzene rings is 2. The van der Waals surface area contributed by atoms with Crippen LogP contribution in [0.1, 0.15) is 67.9 Å². The maximum absolute atomic E-state index is 13.2. The molecule has 0 radical (unpaired) electrons. The minimum atomic E-state index is -0.430. The second-order valence-corrected chi connectivity index (χ2v) is 9.58. The third-order valence-electron chi connectivity index (χ3n) is 6.13. The van der Waals surface area contributed by atoms with Gasteiger partial charge in [0, 0.05) is 35.2 Å². The fraction of sp³-hybridized carbons (Fsp3) is 0.393. The van der Waals surface area contributed by atoms with E-state index in [2.05, 4.69) is 19.2 Å². The van der Waals surface area contributed by atoms with Gasteiger partial charge >= 0.3 is 5.97 Å². The summed E-state index contributed by atoms with van der Waals surface area (Å²) in [7, 11) is 0. The van der Waals surface area contributed by atoms with Crippen LogP contribution in [0.3, 0.4) is 0 Å². The van der Waals surface area contributed by atoms with Crippen molar-refractivity contribution < 1.29 is 19.1 Å². The molecule has 1 aliphatic rings. The van der Waals surface area contributed by atoms with Crippen LogP contribution in [0.2, 0.25) is 5.02 Å². The van der Waals surface area contributed by atoms with Crippen LogP contribution in [0.25, 0.3) is 0 Å². The summed E-state index contributed by atoms with van der Waals surface area (Å²) in [6, 6.07) is 14.4. The fourth-order valence-corrected chi connectivity index (χ4v) is 4.35. The number of nitrogens with zero attached hydrogens (tertiary/aromatic N) is 1. The molecular weight excluding hydrogens is 464 g/mol. The number of esters is 1. The maximum atomic E-state index is 13.2. The number of carbonyl (C=O) groups is 3. The summed E-state index contributed by atoms with van der Waals surface area (Å²) in [6.45, 7) is 8.87. The molecule has 0 fully saturated rings. The van der Waals surface area contributed by atoms with Gasteiger partial charge in [-0.3, -0.25) is 9.59 Å². The second kappa shape index (κ2) is 12.0. The van der Waals surface area contributed by atoms with E-state index in [9.17, 15) is 14.4 Å². The Hall–Kier alpha value is -3.12. The first-order valence-corrected chi connectivity index (χ1v) is 12.4. The van der Waals surface area contributed by atoms with Crippen molar-refractivity contribution in [2.45, 2.75) is 53.0 Å². The quantitative estimate of drug-likeness (QED) is 0.467. The highest BCUT2D eigenvalue weighted by Crippen LogP contribution is 2.38. The molecule has 0 saturated heterocycles. The van der Waals surface area contributed by atoms with Crippen LogP contribution in [-0.2, 0) is 20.9 Å². The standard InChI is InChI=1S/C28H33ClN2O4/c1-5-35-28(34)26-19(4)31(25(32)16-24(26)21-9-11-23(29)12-10-21)17-20-7-6-8-22(15-20)27(33)30-14-13-18(2)3/h6-12,15,18,24H,5,13-14,16-17H2,1-4H3,(H,30,33). The zero-order valence-corrected chi connectivity index (χ0v) is 21.5. The normalized spacial score (nSPS) is 16.0. The van der Waals surface area contributed by atoms with Crippen LogP contribution in [0.4, 0.5) is 0 Å². The second-order valence-electron chi connectivity index (χ2n) is 9.15. The van der Waals surface area contributed by atoms with Gasteiger partial charge in [-0.2, -0.15) is 0 Å². The van der Waals surface area contributed by atoms with Gasteiger partial charge in [0.1, 0.15) is 0 Å². The zero-order chi connectivity index (χ0) is 25.5. The van der Waals surface area contributed by atoms with Crippen LogP contribution in [0, 0.1) is 5.92 Å². The number of halogens is 1. The van der Waals surface area contributed by atoms with E-state index >= 15 is 0 Å². The van der Waals surface area contributed by atoms with E-state index in [0.717, 1.165) is 17.5 Å². The lowest BCUT2D eigenvalue weighted by Gasteiger charge is -2.34. The molecule has 0 bridgehead atoms. The van der Waals surface area contributed by atoms with Crippen LogP contribution in [0.15, 0.2) is 59.8 Å². The van der Waals surface area contributed by atoms with Crippen LogP contribution < -0.4 is 5.32 Å². The Balaban J connectivity index is 1.88. The monoisotopic (exact) mass is 496 g/mol. The lowest BCUT2D eigenvalue weighted by molar-refractivity contribution is -0.140. The Morgan fingerprint density at radius 2 is 1.89 bits per heavy atom. The highest BCUT2D eigenvalue weighted by Gasteiger charge is 2.36. The van der Waals surface area contributed by atoms with Gasteiger partial charge in [-0.15, -0.1) is 0 Å². The largest absolute Gasteiger partial charge is 0.463 e. The summed E-state index contributed by atoms with van der Waals surface area (Å²) in [6.07, 6.45) is 1.05. The van der Waals surface area contributed by atoms with Gasteiger partial charge in [0.15, 0.2) is 0 Å². The number of ether oxygens (including phenoxy) is 1. The van der Waals surface area contributed by atoms with E-state index in [0.29, 0.717) is 34.3 Å². The summed E-state index contributed by atoms with van der Waals surface area (Å²) in [4.78, 5) is 40.4. The average molecular weight is 497 g/mol. The Bertz CT molecular complexity index is 1110. The minimum Gasteiger partial charge on any atom is -0.463 e. The Kier molecular flexibility index (Phi) is 9.10. The molecule has 0 aliphatic carbocycles. The molecule has 0 saturated carbocycles. The van der Waals surface area contributed by atoms with Crippen molar-refractivity contribution in [2.75, 3.05) is 13.2 Å². The van der Waals surface area contributed by atoms with E-state index in [1.807, 2.05) is 24.3 Å². The number of hydrogen-bond acceptors (Lipinski definition) is 4. The zero-order valence-electron chi connectivity index (χ0n) is 20.8. The summed E-state index contributed by atoms with van der Waals surface area (Å²) in [5.74, 6) is -0.567. The topological polar surface area (TPSA) is 75.7 Å². The molecule has 0 aromatic heterocycles. The van der Waals surface area contributed by atoms with Gasteiger partial charge in [-0.1, -0.05) is 49.7 Å². The van der Waals surface area contributed by atoms with Crippen LogP contribution in [-0.4, -0.2) is 35.8 Å². The molecule has 1 atom stereocenters. The molecule has 1 N–H and O–H groups in total. The first kappa shape index (κ1) is 26.5. The van der Waals surface area contributed by atoms with E-state index < -0.39 is 11.9 Å². The van der Waals surface area contributed by atoms with Crippen molar-refractivity contribution >= 4 is 29.4 Å². The molecule has 7 heteroatoms. The maximum Gasteiger partial charge on any atom is 0.336 e. The van der Waals surface area contributed by atoms with Gasteiger partial charge in [0.25, 0.3) is 5.91 Å². The summed E-state index contributed by atoms with van der Waals surface area (Å²) in [5.41, 5.74) is 3.22. The van der Waals surface area contributed by atoms with E-state index in [4.69, 9.17) is 16.3 Å². The van der Waals surface area contributed by atoms with Crippen molar-refractivity contribution in [3.63, 3.8) is 0 Å². The number of carbonyl (C=O) groups excluding carboxylic acids is 3. The molecule has 1 heterocycles. The Morgan fingerprint density at radius 1 is 1.17 bits per heavy atom. The SMILES string of the molecule is CCOC(=O)C1=C(C)N(Cc2cccc(C(=O)NCCC(C)C)c2)C(=O)CC1c1ccc(Cl)cc1. The summed E-state index contributed by atoms with van der Waals surface area (Å²) >= 11 is 6.04.